The van der Waals surface area contributed by atoms with Crippen LogP contribution in [0, 0.1) is 11.3 Å². The SMILES string of the molecule is CC(C)N(CCNC1CCC(C(C)(C)C)CC1)C(=O)OC(C)(C)C. The summed E-state index contributed by atoms with van der Waals surface area (Å²) in [6, 6.07) is 0.745. The molecular weight excluding hydrogens is 300 g/mol. The van der Waals surface area contributed by atoms with Crippen LogP contribution in [-0.4, -0.2) is 41.8 Å². The summed E-state index contributed by atoms with van der Waals surface area (Å²) in [5, 5.41) is 3.65. The highest BCUT2D eigenvalue weighted by atomic mass is 16.6. The molecule has 0 heterocycles. The molecule has 1 rings (SSSR count). The van der Waals surface area contributed by atoms with E-state index in [1.54, 1.807) is 0 Å². The molecular formula is C20H40N2O2. The Labute approximate surface area is 149 Å². The fourth-order valence-electron chi connectivity index (χ4n) is 3.43. The van der Waals surface area contributed by atoms with E-state index in [2.05, 4.69) is 26.1 Å². The number of carbonyl (C=O) groups is 1. The Kier molecular flexibility index (Phi) is 7.58. The molecule has 0 saturated heterocycles. The van der Waals surface area contributed by atoms with Crippen molar-refractivity contribution in [3.63, 3.8) is 0 Å². The van der Waals surface area contributed by atoms with E-state index in [4.69, 9.17) is 4.74 Å². The number of nitrogens with zero attached hydrogens (tertiary/aromatic N) is 1. The Hall–Kier alpha value is -0.770. The fraction of sp³-hybridized carbons (Fsp3) is 0.950. The van der Waals surface area contributed by atoms with Crippen molar-refractivity contribution >= 4 is 6.09 Å². The van der Waals surface area contributed by atoms with Gasteiger partial charge in [-0.2, -0.15) is 0 Å². The van der Waals surface area contributed by atoms with Gasteiger partial charge >= 0.3 is 6.09 Å². The summed E-state index contributed by atoms with van der Waals surface area (Å²) in [4.78, 5) is 14.1. The predicted molar refractivity (Wildman–Crippen MR) is 101 cm³/mol. The van der Waals surface area contributed by atoms with Crippen molar-refractivity contribution in [3.05, 3.63) is 0 Å². The number of hydrogen-bond donors (Lipinski definition) is 1. The van der Waals surface area contributed by atoms with Crippen LogP contribution in [0.15, 0.2) is 0 Å². The zero-order valence-electron chi connectivity index (χ0n) is 17.2. The zero-order chi connectivity index (χ0) is 18.5. The maximum atomic E-state index is 12.3. The summed E-state index contributed by atoms with van der Waals surface area (Å²) in [7, 11) is 0. The molecule has 1 N–H and O–H groups in total. The lowest BCUT2D eigenvalue weighted by Gasteiger charge is -2.37. The van der Waals surface area contributed by atoms with Gasteiger partial charge < -0.3 is 15.0 Å². The monoisotopic (exact) mass is 340 g/mol. The van der Waals surface area contributed by atoms with Gasteiger partial charge in [0.1, 0.15) is 5.60 Å². The van der Waals surface area contributed by atoms with E-state index in [0.29, 0.717) is 18.0 Å². The Morgan fingerprint density at radius 1 is 1.08 bits per heavy atom. The van der Waals surface area contributed by atoms with Gasteiger partial charge in [-0.05, 0) is 71.6 Å². The molecule has 142 valence electrons. The summed E-state index contributed by atoms with van der Waals surface area (Å²) in [6.45, 7) is 18.4. The molecule has 24 heavy (non-hydrogen) atoms. The highest BCUT2D eigenvalue weighted by Crippen LogP contribution is 2.37. The minimum absolute atomic E-state index is 0.151. The van der Waals surface area contributed by atoms with Crippen molar-refractivity contribution < 1.29 is 9.53 Å². The van der Waals surface area contributed by atoms with Crippen LogP contribution in [0.5, 0.6) is 0 Å². The van der Waals surface area contributed by atoms with Crippen LogP contribution in [0.25, 0.3) is 0 Å². The van der Waals surface area contributed by atoms with Crippen molar-refractivity contribution in [2.45, 2.75) is 98.8 Å². The lowest BCUT2D eigenvalue weighted by molar-refractivity contribution is 0.0190. The molecule has 1 aliphatic carbocycles. The second-order valence-electron chi connectivity index (χ2n) is 9.64. The van der Waals surface area contributed by atoms with Crippen molar-refractivity contribution in [2.24, 2.45) is 11.3 Å². The molecule has 1 saturated carbocycles. The largest absolute Gasteiger partial charge is 0.444 e. The van der Waals surface area contributed by atoms with Gasteiger partial charge in [-0.15, -0.1) is 0 Å². The average Bonchev–Trinajstić information content (AvgIpc) is 2.40. The number of nitrogens with one attached hydrogen (secondary N) is 1. The van der Waals surface area contributed by atoms with Gasteiger partial charge in [0.25, 0.3) is 0 Å². The topological polar surface area (TPSA) is 41.6 Å². The molecule has 0 aromatic carbocycles. The number of rotatable bonds is 5. The van der Waals surface area contributed by atoms with E-state index in [-0.39, 0.29) is 12.1 Å². The number of amides is 1. The summed E-state index contributed by atoms with van der Waals surface area (Å²) in [6.07, 6.45) is 4.89. The third kappa shape index (κ3) is 7.42. The molecule has 0 unspecified atom stereocenters. The van der Waals surface area contributed by atoms with Crippen LogP contribution in [0.3, 0.4) is 0 Å². The lowest BCUT2D eigenvalue weighted by atomic mass is 9.71. The highest BCUT2D eigenvalue weighted by Gasteiger charge is 2.30. The van der Waals surface area contributed by atoms with E-state index in [0.717, 1.165) is 12.5 Å². The van der Waals surface area contributed by atoms with E-state index >= 15 is 0 Å². The number of ether oxygens (including phenoxy) is 1. The number of carbonyl (C=O) groups excluding carboxylic acids is 1. The summed E-state index contributed by atoms with van der Waals surface area (Å²) in [5.41, 5.74) is -0.0148. The lowest BCUT2D eigenvalue weighted by Crippen LogP contribution is -2.46. The first kappa shape index (κ1) is 21.3. The van der Waals surface area contributed by atoms with Crippen molar-refractivity contribution in [1.82, 2.24) is 10.2 Å². The van der Waals surface area contributed by atoms with Gasteiger partial charge in [0.05, 0.1) is 0 Å². The van der Waals surface area contributed by atoms with Crippen LogP contribution < -0.4 is 5.32 Å². The molecule has 4 nitrogen and oxygen atoms in total. The van der Waals surface area contributed by atoms with Gasteiger partial charge in [-0.25, -0.2) is 4.79 Å². The van der Waals surface area contributed by atoms with Gasteiger partial charge in [-0.1, -0.05) is 20.8 Å². The van der Waals surface area contributed by atoms with Crippen LogP contribution >= 0.6 is 0 Å². The Bertz CT molecular complexity index is 385. The summed E-state index contributed by atoms with van der Waals surface area (Å²) in [5.74, 6) is 0.837. The Balaban J connectivity index is 2.38. The molecule has 0 radical (unpaired) electrons. The van der Waals surface area contributed by atoms with Crippen LogP contribution in [0.4, 0.5) is 4.79 Å². The molecule has 1 aliphatic rings. The van der Waals surface area contributed by atoms with E-state index in [1.165, 1.54) is 25.7 Å². The molecule has 0 aromatic rings. The molecule has 1 fully saturated rings. The van der Waals surface area contributed by atoms with E-state index in [1.807, 2.05) is 39.5 Å². The van der Waals surface area contributed by atoms with Crippen molar-refractivity contribution in [3.8, 4) is 0 Å². The fourth-order valence-corrected chi connectivity index (χ4v) is 3.43. The first-order valence-corrected chi connectivity index (χ1v) is 9.63. The van der Waals surface area contributed by atoms with Gasteiger partial charge in [-0.3, -0.25) is 0 Å². The van der Waals surface area contributed by atoms with Crippen LogP contribution in [0.2, 0.25) is 0 Å². The molecule has 4 heteroatoms. The quantitative estimate of drug-likeness (QED) is 0.779. The standard InChI is InChI=1S/C20H40N2O2/c1-15(2)22(18(23)24-20(6,7)8)14-13-21-17-11-9-16(10-12-17)19(3,4)5/h15-17,21H,9-14H2,1-8H3. The first-order valence-electron chi connectivity index (χ1n) is 9.63. The van der Waals surface area contributed by atoms with Gasteiger partial charge in [0, 0.05) is 25.2 Å². The Morgan fingerprint density at radius 3 is 2.04 bits per heavy atom. The normalized spacial score (nSPS) is 22.5. The molecule has 0 spiro atoms. The van der Waals surface area contributed by atoms with Crippen molar-refractivity contribution in [1.29, 1.82) is 0 Å². The average molecular weight is 341 g/mol. The smallest absolute Gasteiger partial charge is 0.410 e. The minimum Gasteiger partial charge on any atom is -0.444 e. The van der Waals surface area contributed by atoms with E-state index in [9.17, 15) is 4.79 Å². The molecule has 0 aliphatic heterocycles. The van der Waals surface area contributed by atoms with Crippen LogP contribution in [-0.2, 0) is 4.74 Å². The maximum absolute atomic E-state index is 12.3. The van der Waals surface area contributed by atoms with Crippen molar-refractivity contribution in [2.75, 3.05) is 13.1 Å². The third-order valence-corrected chi connectivity index (χ3v) is 4.99. The van der Waals surface area contributed by atoms with Gasteiger partial charge in [0.15, 0.2) is 0 Å². The number of hydrogen-bond acceptors (Lipinski definition) is 3. The molecule has 0 aromatic heterocycles. The first-order chi connectivity index (χ1) is 10.9. The van der Waals surface area contributed by atoms with Crippen LogP contribution in [0.1, 0.15) is 81.1 Å². The van der Waals surface area contributed by atoms with Gasteiger partial charge in [0.2, 0.25) is 0 Å². The van der Waals surface area contributed by atoms with E-state index < -0.39 is 5.60 Å². The molecule has 0 atom stereocenters. The predicted octanol–water partition coefficient (Wildman–Crippen LogP) is 4.83. The second-order valence-corrected chi connectivity index (χ2v) is 9.64. The zero-order valence-corrected chi connectivity index (χ0v) is 17.2. The molecule has 1 amide bonds. The third-order valence-electron chi connectivity index (χ3n) is 4.99. The highest BCUT2D eigenvalue weighted by molar-refractivity contribution is 5.68. The maximum Gasteiger partial charge on any atom is 0.410 e. The Morgan fingerprint density at radius 2 is 1.62 bits per heavy atom. The summed E-state index contributed by atoms with van der Waals surface area (Å²) >= 11 is 0. The summed E-state index contributed by atoms with van der Waals surface area (Å²) < 4.78 is 5.51. The second kappa shape index (κ2) is 8.55. The molecule has 0 bridgehead atoms. The minimum atomic E-state index is -0.441.